The van der Waals surface area contributed by atoms with Gasteiger partial charge in [-0.15, -0.1) is 0 Å². The summed E-state index contributed by atoms with van der Waals surface area (Å²) in [6.07, 6.45) is 3.41. The normalized spacial score (nSPS) is 15.8. The molecule has 1 saturated heterocycles. The molecule has 2 aromatic carbocycles. The number of carbonyl (C=O) groups is 1. The molecule has 4 nitrogen and oxygen atoms in total. The van der Waals surface area contributed by atoms with Gasteiger partial charge in [-0.1, -0.05) is 66.7 Å². The van der Waals surface area contributed by atoms with E-state index in [2.05, 4.69) is 53.5 Å². The van der Waals surface area contributed by atoms with Crippen molar-refractivity contribution in [2.45, 2.75) is 6.54 Å². The summed E-state index contributed by atoms with van der Waals surface area (Å²) in [5.41, 5.74) is 3.63. The minimum absolute atomic E-state index is 0.591. The summed E-state index contributed by atoms with van der Waals surface area (Å²) in [5.74, 6) is 0. The molecule has 0 bridgehead atoms. The summed E-state index contributed by atoms with van der Waals surface area (Å²) in [4.78, 5) is 14.7. The van der Waals surface area contributed by atoms with Crippen LogP contribution in [0.1, 0.15) is 16.7 Å². The topological polar surface area (TPSA) is 43.8 Å². The van der Waals surface area contributed by atoms with Gasteiger partial charge in [-0.2, -0.15) is 0 Å². The molecule has 1 amide bonds. The van der Waals surface area contributed by atoms with E-state index in [1.807, 2.05) is 18.2 Å². The van der Waals surface area contributed by atoms with Gasteiger partial charge < -0.3 is 10.0 Å². The second-order valence-corrected chi connectivity index (χ2v) is 6.03. The Morgan fingerprint density at radius 3 is 2.04 bits per heavy atom. The van der Waals surface area contributed by atoms with Crippen molar-refractivity contribution in [2.24, 2.45) is 0 Å². The highest BCUT2D eigenvalue weighted by atomic mass is 16.4. The van der Waals surface area contributed by atoms with E-state index in [-0.39, 0.29) is 0 Å². The van der Waals surface area contributed by atoms with Gasteiger partial charge in [0, 0.05) is 32.7 Å². The summed E-state index contributed by atoms with van der Waals surface area (Å²) in [6, 6.07) is 18.8. The highest BCUT2D eigenvalue weighted by Gasteiger charge is 2.19. The van der Waals surface area contributed by atoms with Crippen LogP contribution in [0.4, 0.5) is 4.79 Å². The second kappa shape index (κ2) is 7.79. The second-order valence-electron chi connectivity index (χ2n) is 6.03. The number of nitrogens with zero attached hydrogens (tertiary/aromatic N) is 2. The quantitative estimate of drug-likeness (QED) is 0.874. The van der Waals surface area contributed by atoms with E-state index in [4.69, 9.17) is 5.11 Å². The first-order valence-corrected chi connectivity index (χ1v) is 8.23. The van der Waals surface area contributed by atoms with Gasteiger partial charge in [-0.3, -0.25) is 4.90 Å². The molecule has 24 heavy (non-hydrogen) atoms. The number of benzene rings is 2. The van der Waals surface area contributed by atoms with Gasteiger partial charge in [0.05, 0.1) is 0 Å². The summed E-state index contributed by atoms with van der Waals surface area (Å²) in [6.45, 7) is 3.64. The van der Waals surface area contributed by atoms with Gasteiger partial charge >= 0.3 is 6.09 Å². The number of amides is 1. The lowest BCUT2D eigenvalue weighted by Gasteiger charge is -2.33. The maximum absolute atomic E-state index is 10.9. The average Bonchev–Trinajstić information content (AvgIpc) is 2.62. The van der Waals surface area contributed by atoms with Crippen LogP contribution in [0.2, 0.25) is 0 Å². The van der Waals surface area contributed by atoms with E-state index >= 15 is 0 Å². The van der Waals surface area contributed by atoms with Gasteiger partial charge in [-0.25, -0.2) is 4.79 Å². The molecule has 0 saturated carbocycles. The molecule has 0 unspecified atom stereocenters. The van der Waals surface area contributed by atoms with Crippen LogP contribution in [-0.4, -0.2) is 47.2 Å². The van der Waals surface area contributed by atoms with Crippen molar-refractivity contribution in [1.29, 1.82) is 0 Å². The molecule has 0 radical (unpaired) electrons. The fourth-order valence-electron chi connectivity index (χ4n) is 2.85. The minimum Gasteiger partial charge on any atom is -0.465 e. The lowest BCUT2D eigenvalue weighted by atomic mass is 10.1. The van der Waals surface area contributed by atoms with Crippen LogP contribution in [-0.2, 0) is 6.54 Å². The average molecular weight is 322 g/mol. The molecule has 0 atom stereocenters. The Morgan fingerprint density at radius 2 is 1.46 bits per heavy atom. The van der Waals surface area contributed by atoms with Crippen molar-refractivity contribution in [2.75, 3.05) is 26.2 Å². The number of piperazine rings is 1. The summed E-state index contributed by atoms with van der Waals surface area (Å²) >= 11 is 0. The molecular weight excluding hydrogens is 300 g/mol. The predicted octanol–water partition coefficient (Wildman–Crippen LogP) is 3.65. The van der Waals surface area contributed by atoms with Crippen molar-refractivity contribution < 1.29 is 9.90 Å². The molecule has 1 fully saturated rings. The zero-order chi connectivity index (χ0) is 16.8. The van der Waals surface area contributed by atoms with Crippen molar-refractivity contribution in [3.8, 4) is 0 Å². The Balaban J connectivity index is 1.53. The first-order chi connectivity index (χ1) is 11.7. The standard InChI is InChI=1S/C20H22N2O2/c23-20(24)22-14-12-21(13-15-22)16-19-10-8-18(9-11-19)7-6-17-4-2-1-3-5-17/h1-11H,12-16H2,(H,23,24). The smallest absolute Gasteiger partial charge is 0.407 e. The van der Waals surface area contributed by atoms with E-state index in [1.54, 1.807) is 0 Å². The first-order valence-electron chi connectivity index (χ1n) is 8.23. The Labute approximate surface area is 142 Å². The van der Waals surface area contributed by atoms with Crippen LogP contribution in [0.3, 0.4) is 0 Å². The van der Waals surface area contributed by atoms with E-state index in [1.165, 1.54) is 21.6 Å². The number of rotatable bonds is 4. The fourth-order valence-corrected chi connectivity index (χ4v) is 2.85. The zero-order valence-electron chi connectivity index (χ0n) is 13.6. The number of carboxylic acid groups (broad SMARTS) is 1. The molecule has 2 aromatic rings. The molecule has 0 aliphatic carbocycles. The van der Waals surface area contributed by atoms with Gasteiger partial charge in [0.25, 0.3) is 0 Å². The molecule has 1 aliphatic heterocycles. The number of hydrogen-bond acceptors (Lipinski definition) is 2. The van der Waals surface area contributed by atoms with Crippen LogP contribution in [0.5, 0.6) is 0 Å². The van der Waals surface area contributed by atoms with Crippen LogP contribution >= 0.6 is 0 Å². The number of hydrogen-bond donors (Lipinski definition) is 1. The molecule has 1 N–H and O–H groups in total. The van der Waals surface area contributed by atoms with Crippen LogP contribution in [0, 0.1) is 0 Å². The molecule has 1 aliphatic rings. The Hall–Kier alpha value is -2.59. The Morgan fingerprint density at radius 1 is 0.875 bits per heavy atom. The van der Waals surface area contributed by atoms with Gasteiger partial charge in [0.15, 0.2) is 0 Å². The lowest BCUT2D eigenvalue weighted by Crippen LogP contribution is -2.47. The molecule has 3 rings (SSSR count). The Bertz CT molecular complexity index is 687. The minimum atomic E-state index is -0.816. The molecule has 124 valence electrons. The molecule has 0 aromatic heterocycles. The third-order valence-electron chi connectivity index (χ3n) is 4.30. The van der Waals surface area contributed by atoms with E-state index in [0.29, 0.717) is 13.1 Å². The SMILES string of the molecule is O=C(O)N1CCN(Cc2ccc(C=Cc3ccccc3)cc2)CC1. The largest absolute Gasteiger partial charge is 0.465 e. The van der Waals surface area contributed by atoms with Gasteiger partial charge in [0.1, 0.15) is 0 Å². The van der Waals surface area contributed by atoms with Crippen molar-refractivity contribution in [3.63, 3.8) is 0 Å². The van der Waals surface area contributed by atoms with Gasteiger partial charge in [0.2, 0.25) is 0 Å². The zero-order valence-corrected chi connectivity index (χ0v) is 13.6. The third-order valence-corrected chi connectivity index (χ3v) is 4.30. The third kappa shape index (κ3) is 4.46. The lowest BCUT2D eigenvalue weighted by molar-refractivity contribution is 0.103. The highest BCUT2D eigenvalue weighted by molar-refractivity contribution is 5.69. The summed E-state index contributed by atoms with van der Waals surface area (Å²) in [5, 5.41) is 8.98. The van der Waals surface area contributed by atoms with Crippen LogP contribution in [0.15, 0.2) is 54.6 Å². The first kappa shape index (κ1) is 16.3. The monoisotopic (exact) mass is 322 g/mol. The maximum Gasteiger partial charge on any atom is 0.407 e. The Kier molecular flexibility index (Phi) is 5.29. The fraction of sp³-hybridized carbons (Fsp3) is 0.250. The summed E-state index contributed by atoms with van der Waals surface area (Å²) < 4.78 is 0. The van der Waals surface area contributed by atoms with Gasteiger partial charge in [-0.05, 0) is 16.7 Å². The molecular formula is C20H22N2O2. The molecule has 0 spiro atoms. The summed E-state index contributed by atoms with van der Waals surface area (Å²) in [7, 11) is 0. The van der Waals surface area contributed by atoms with E-state index in [9.17, 15) is 4.79 Å². The molecule has 4 heteroatoms. The van der Waals surface area contributed by atoms with Crippen LogP contribution in [0.25, 0.3) is 12.2 Å². The van der Waals surface area contributed by atoms with Crippen molar-refractivity contribution >= 4 is 18.2 Å². The van der Waals surface area contributed by atoms with Crippen molar-refractivity contribution in [1.82, 2.24) is 9.80 Å². The van der Waals surface area contributed by atoms with Crippen LogP contribution < -0.4 is 0 Å². The highest BCUT2D eigenvalue weighted by Crippen LogP contribution is 2.12. The van der Waals surface area contributed by atoms with E-state index < -0.39 is 6.09 Å². The predicted molar refractivity (Wildman–Crippen MR) is 96.7 cm³/mol. The van der Waals surface area contributed by atoms with Crippen molar-refractivity contribution in [3.05, 3.63) is 71.3 Å². The maximum atomic E-state index is 10.9. The van der Waals surface area contributed by atoms with E-state index in [0.717, 1.165) is 19.6 Å². The molecule has 1 heterocycles.